The molecule has 0 bridgehead atoms. The molecule has 2 aromatic carbocycles. The average Bonchev–Trinajstić information content (AvgIpc) is 3.46. The first-order chi connectivity index (χ1) is 16.5. The summed E-state index contributed by atoms with van der Waals surface area (Å²) in [4.78, 5) is 23.2. The Morgan fingerprint density at radius 3 is 2.79 bits per heavy atom. The Balaban J connectivity index is 1.44. The summed E-state index contributed by atoms with van der Waals surface area (Å²) in [7, 11) is 1.81. The molecule has 5 rings (SSSR count). The lowest BCUT2D eigenvalue weighted by Gasteiger charge is -2.20. The van der Waals surface area contributed by atoms with Crippen LogP contribution in [0.1, 0.15) is 11.1 Å². The minimum Gasteiger partial charge on any atom is -0.309 e. The number of nitriles is 1. The molecule has 0 unspecified atom stereocenters. The average molecular weight is 454 g/mol. The molecular formula is C24H19FN8O. The number of urea groups is 1. The highest BCUT2D eigenvalue weighted by atomic mass is 19.1. The number of nitrogens with one attached hydrogen (secondary N) is 2. The van der Waals surface area contributed by atoms with Gasteiger partial charge in [0.1, 0.15) is 17.7 Å². The minimum absolute atomic E-state index is 0.0884. The zero-order valence-electron chi connectivity index (χ0n) is 18.2. The number of anilines is 4. The van der Waals surface area contributed by atoms with Crippen molar-refractivity contribution < 1.29 is 9.18 Å². The molecule has 2 amide bonds. The quantitative estimate of drug-likeness (QED) is 0.477. The zero-order chi connectivity index (χ0) is 23.7. The number of para-hydroxylation sites is 1. The van der Waals surface area contributed by atoms with Crippen molar-refractivity contribution in [3.63, 3.8) is 0 Å². The molecule has 0 atom stereocenters. The second kappa shape index (κ2) is 8.63. The third-order valence-corrected chi connectivity index (χ3v) is 5.56. The van der Waals surface area contributed by atoms with Crippen LogP contribution in [0.5, 0.6) is 0 Å². The van der Waals surface area contributed by atoms with E-state index in [9.17, 15) is 14.4 Å². The summed E-state index contributed by atoms with van der Waals surface area (Å²) in [6.07, 6.45) is 3.86. The fourth-order valence-electron chi connectivity index (χ4n) is 3.92. The number of aryl methyl sites for hydroxylation is 1. The Hall–Kier alpha value is -4.78. The van der Waals surface area contributed by atoms with Gasteiger partial charge in [-0.15, -0.1) is 0 Å². The topological polar surface area (TPSA) is 112 Å². The lowest BCUT2D eigenvalue weighted by molar-refractivity contribution is 0.257. The lowest BCUT2D eigenvalue weighted by Crippen LogP contribution is -2.34. The van der Waals surface area contributed by atoms with Crippen molar-refractivity contribution in [2.75, 3.05) is 22.1 Å². The van der Waals surface area contributed by atoms with Gasteiger partial charge in [0, 0.05) is 31.4 Å². The second-order valence-corrected chi connectivity index (χ2v) is 7.69. The summed E-state index contributed by atoms with van der Waals surface area (Å²) in [6.45, 7) is 0.380. The highest BCUT2D eigenvalue weighted by Crippen LogP contribution is 2.36. The molecule has 2 aromatic heterocycles. The number of nitrogens with zero attached hydrogens (tertiary/aromatic N) is 6. The molecule has 4 aromatic rings. The zero-order valence-corrected chi connectivity index (χ0v) is 18.2. The molecule has 1 aliphatic rings. The number of fused-ring (bicyclic) bond motifs is 1. The number of hydrogen-bond acceptors (Lipinski definition) is 6. The lowest BCUT2D eigenvalue weighted by atomic mass is 10.0. The summed E-state index contributed by atoms with van der Waals surface area (Å²) in [5, 5.41) is 19.7. The summed E-state index contributed by atoms with van der Waals surface area (Å²) >= 11 is 0. The van der Waals surface area contributed by atoms with E-state index in [0.29, 0.717) is 35.9 Å². The maximum Gasteiger partial charge on any atom is 0.326 e. The predicted molar refractivity (Wildman–Crippen MR) is 125 cm³/mol. The fraction of sp³-hybridized carbons (Fsp3) is 0.125. The van der Waals surface area contributed by atoms with Crippen molar-refractivity contribution in [2.45, 2.75) is 6.42 Å². The first kappa shape index (κ1) is 21.1. The van der Waals surface area contributed by atoms with E-state index >= 15 is 0 Å². The van der Waals surface area contributed by atoms with Crippen LogP contribution < -0.4 is 15.5 Å². The van der Waals surface area contributed by atoms with Crippen LogP contribution in [-0.2, 0) is 13.5 Å². The van der Waals surface area contributed by atoms with E-state index < -0.39 is 11.8 Å². The van der Waals surface area contributed by atoms with Crippen LogP contribution in [0.4, 0.5) is 32.3 Å². The van der Waals surface area contributed by atoms with Crippen molar-refractivity contribution in [3.05, 3.63) is 77.9 Å². The number of carbonyl (C=O) groups excluding carboxylic acids is 1. The molecule has 34 heavy (non-hydrogen) atoms. The third kappa shape index (κ3) is 3.91. The number of halogens is 1. The molecule has 0 aliphatic carbocycles. The normalized spacial score (nSPS) is 12.2. The van der Waals surface area contributed by atoms with E-state index in [2.05, 4.69) is 31.8 Å². The van der Waals surface area contributed by atoms with Crippen LogP contribution in [0.25, 0.3) is 11.3 Å². The Morgan fingerprint density at radius 2 is 2.03 bits per heavy atom. The maximum absolute atomic E-state index is 14.0. The van der Waals surface area contributed by atoms with Gasteiger partial charge >= 0.3 is 6.03 Å². The van der Waals surface area contributed by atoms with E-state index in [4.69, 9.17) is 0 Å². The van der Waals surface area contributed by atoms with Crippen molar-refractivity contribution in [2.24, 2.45) is 7.05 Å². The number of carbonyl (C=O) groups is 1. The highest BCUT2D eigenvalue weighted by Gasteiger charge is 2.29. The van der Waals surface area contributed by atoms with E-state index in [1.165, 1.54) is 17.0 Å². The summed E-state index contributed by atoms with van der Waals surface area (Å²) in [5.41, 5.74) is 3.18. The number of benzene rings is 2. The van der Waals surface area contributed by atoms with Gasteiger partial charge in [-0.05, 0) is 42.3 Å². The largest absolute Gasteiger partial charge is 0.326 e. The van der Waals surface area contributed by atoms with Crippen LogP contribution in [-0.4, -0.2) is 32.3 Å². The Labute approximate surface area is 194 Å². The number of amides is 2. The molecule has 0 saturated heterocycles. The molecule has 168 valence electrons. The van der Waals surface area contributed by atoms with Crippen molar-refractivity contribution in [3.8, 4) is 17.3 Å². The summed E-state index contributed by atoms with van der Waals surface area (Å²) < 4.78 is 15.7. The van der Waals surface area contributed by atoms with Gasteiger partial charge in [-0.2, -0.15) is 10.4 Å². The van der Waals surface area contributed by atoms with E-state index in [0.717, 1.165) is 16.9 Å². The third-order valence-electron chi connectivity index (χ3n) is 5.56. The molecule has 1 aliphatic heterocycles. The second-order valence-electron chi connectivity index (χ2n) is 7.69. The van der Waals surface area contributed by atoms with E-state index in [1.807, 2.05) is 6.07 Å². The first-order valence-corrected chi connectivity index (χ1v) is 10.5. The minimum atomic E-state index is -0.523. The van der Waals surface area contributed by atoms with Gasteiger partial charge in [0.05, 0.1) is 28.8 Å². The first-order valence-electron chi connectivity index (χ1n) is 10.5. The summed E-state index contributed by atoms with van der Waals surface area (Å²) in [5.74, 6) is 0.608. The molecule has 3 heterocycles. The number of rotatable bonds is 4. The number of hydrogen-bond donors (Lipinski definition) is 2. The van der Waals surface area contributed by atoms with Gasteiger partial charge in [0.2, 0.25) is 5.95 Å². The van der Waals surface area contributed by atoms with E-state index in [1.54, 1.807) is 54.5 Å². The Kier molecular flexibility index (Phi) is 5.35. The molecule has 0 spiro atoms. The van der Waals surface area contributed by atoms with Gasteiger partial charge in [-0.1, -0.05) is 12.1 Å². The Morgan fingerprint density at radius 1 is 1.18 bits per heavy atom. The van der Waals surface area contributed by atoms with Crippen molar-refractivity contribution in [1.82, 2.24) is 19.7 Å². The maximum atomic E-state index is 14.0. The number of aromatic nitrogens is 4. The van der Waals surface area contributed by atoms with Gasteiger partial charge in [-0.25, -0.2) is 19.2 Å². The monoisotopic (exact) mass is 454 g/mol. The Bertz CT molecular complexity index is 1440. The SMILES string of the molecule is Cn1nccc1Nc1nccc(-c2cc(C#N)c3c(c2)CCN3C(=O)Nc2ccccc2F)n1. The molecule has 0 fully saturated rings. The molecule has 10 heteroatoms. The van der Waals surface area contributed by atoms with Gasteiger partial charge < -0.3 is 10.6 Å². The van der Waals surface area contributed by atoms with Crippen LogP contribution >= 0.6 is 0 Å². The van der Waals surface area contributed by atoms with Crippen LogP contribution in [0.3, 0.4) is 0 Å². The summed E-state index contributed by atoms with van der Waals surface area (Å²) in [6, 6.07) is 14.8. The predicted octanol–water partition coefficient (Wildman–Crippen LogP) is 4.23. The molecule has 0 saturated carbocycles. The molecule has 0 radical (unpaired) electrons. The van der Waals surface area contributed by atoms with E-state index in [-0.39, 0.29) is 5.69 Å². The van der Waals surface area contributed by atoms with Crippen LogP contribution in [0, 0.1) is 17.1 Å². The van der Waals surface area contributed by atoms with Gasteiger partial charge in [0.15, 0.2) is 0 Å². The van der Waals surface area contributed by atoms with Crippen LogP contribution in [0.2, 0.25) is 0 Å². The highest BCUT2D eigenvalue weighted by molar-refractivity contribution is 6.04. The van der Waals surface area contributed by atoms with Crippen molar-refractivity contribution >= 4 is 29.2 Å². The smallest absolute Gasteiger partial charge is 0.309 e. The fourth-order valence-corrected chi connectivity index (χ4v) is 3.92. The molecular weight excluding hydrogens is 435 g/mol. The molecule has 9 nitrogen and oxygen atoms in total. The van der Waals surface area contributed by atoms with Crippen molar-refractivity contribution in [1.29, 1.82) is 5.26 Å². The van der Waals surface area contributed by atoms with Gasteiger partial charge in [-0.3, -0.25) is 9.58 Å². The van der Waals surface area contributed by atoms with Crippen LogP contribution in [0.15, 0.2) is 60.9 Å². The molecule has 2 N–H and O–H groups in total. The standard InChI is InChI=1S/C24H19FN8O/c1-32-21(7-10-28-32)31-23-27-9-6-19(29-23)16-12-15-8-11-33(22(15)17(13-16)14-26)24(34)30-20-5-3-2-4-18(20)25/h2-7,9-10,12-13H,8,11H2,1H3,(H,30,34)(H,27,29,31). The van der Waals surface area contributed by atoms with Gasteiger partial charge in [0.25, 0.3) is 0 Å².